The van der Waals surface area contributed by atoms with Crippen molar-refractivity contribution in [2.45, 2.75) is 80.1 Å². The summed E-state index contributed by atoms with van der Waals surface area (Å²) in [6.07, 6.45) is 3.34. The molecule has 8 nitrogen and oxygen atoms in total. The quantitative estimate of drug-likeness (QED) is 0.361. The fraction of sp³-hybridized carbons (Fsp3) is 0.556. The van der Waals surface area contributed by atoms with Crippen LogP contribution in [-0.2, 0) is 19.2 Å². The van der Waals surface area contributed by atoms with Gasteiger partial charge in [0.15, 0.2) is 0 Å². The van der Waals surface area contributed by atoms with E-state index in [0.29, 0.717) is 35.7 Å². The minimum absolute atomic E-state index is 0.140. The van der Waals surface area contributed by atoms with Gasteiger partial charge in [0.05, 0.1) is 36.4 Å². The minimum Gasteiger partial charge on any atom is -0.495 e. The molecule has 4 aliphatic rings. The molecule has 0 radical (unpaired) electrons. The van der Waals surface area contributed by atoms with Gasteiger partial charge in [-0.2, -0.15) is 0 Å². The lowest BCUT2D eigenvalue weighted by atomic mass is 9.64. The van der Waals surface area contributed by atoms with E-state index in [1.165, 1.54) is 0 Å². The van der Waals surface area contributed by atoms with E-state index in [1.807, 2.05) is 77.9 Å². The molecule has 6 rings (SSSR count). The Bertz CT molecular complexity index is 1510. The van der Waals surface area contributed by atoms with Crippen LogP contribution in [-0.4, -0.2) is 37.6 Å². The van der Waals surface area contributed by atoms with Crippen molar-refractivity contribution in [1.29, 1.82) is 0 Å². The van der Waals surface area contributed by atoms with Gasteiger partial charge in [0, 0.05) is 23.7 Å². The molecule has 0 spiro atoms. The molecule has 44 heavy (non-hydrogen) atoms. The van der Waals surface area contributed by atoms with Gasteiger partial charge in [-0.25, -0.2) is 0 Å². The largest absolute Gasteiger partial charge is 0.495 e. The van der Waals surface area contributed by atoms with Crippen molar-refractivity contribution in [3.05, 3.63) is 36.4 Å². The Balaban J connectivity index is 1.24. The Hall–Kier alpha value is -3.68. The van der Waals surface area contributed by atoms with Crippen LogP contribution in [0.3, 0.4) is 0 Å². The van der Waals surface area contributed by atoms with E-state index in [4.69, 9.17) is 9.47 Å². The average Bonchev–Trinajstić information content (AvgIpc) is 3.45. The summed E-state index contributed by atoms with van der Waals surface area (Å²) in [6, 6.07) is 11.1. The van der Waals surface area contributed by atoms with E-state index < -0.39 is 32.5 Å². The van der Waals surface area contributed by atoms with Crippen LogP contribution >= 0.6 is 0 Å². The number of amides is 2. The summed E-state index contributed by atoms with van der Waals surface area (Å²) in [6.45, 7) is 12.2. The number of hydrogen-bond donors (Lipinski definition) is 2. The smallest absolute Gasteiger partial charge is 0.231 e. The number of ketones is 2. The van der Waals surface area contributed by atoms with Gasteiger partial charge < -0.3 is 20.1 Å². The molecule has 8 heteroatoms. The van der Waals surface area contributed by atoms with Crippen molar-refractivity contribution >= 4 is 34.8 Å². The monoisotopic (exact) mass is 600 g/mol. The standard InChI is InChI=1S/C36H44N2O6/c1-31(2)33(5)13-15-35(31,19-27(33)39)29(41)37-23-11-9-21(17-25(23)43-7)22-10-12-24(26(18-22)44-8)38-30(42)36-16-14-34(6,28(40)20-36)32(36,3)4/h9-12,17-18H,13-16,19-20H2,1-8H3,(H,37,41)(H,38,42)/t33-,34-,35+,36+/m1/s1. The van der Waals surface area contributed by atoms with Gasteiger partial charge in [-0.3, -0.25) is 19.2 Å². The molecule has 4 aliphatic carbocycles. The SMILES string of the molecule is COc1cc(-c2ccc(NC(=O)[C@]34CC[C@](C)(C(=O)C3)C4(C)C)c(OC)c2)ccc1NC(=O)[C@]12CC[C@](C)(C(=O)C1)C2(C)C. The lowest BCUT2D eigenvalue weighted by Gasteiger charge is -2.38. The van der Waals surface area contributed by atoms with Crippen LogP contribution in [0.4, 0.5) is 11.4 Å². The molecule has 234 valence electrons. The Morgan fingerprint density at radius 3 is 1.25 bits per heavy atom. The van der Waals surface area contributed by atoms with Gasteiger partial charge in [0.2, 0.25) is 11.8 Å². The first kappa shape index (κ1) is 30.4. The molecule has 2 aromatic carbocycles. The number of hydrogen-bond acceptors (Lipinski definition) is 6. The summed E-state index contributed by atoms with van der Waals surface area (Å²) in [5, 5.41) is 6.17. The molecule has 4 atom stereocenters. The molecule has 2 aromatic rings. The highest BCUT2D eigenvalue weighted by molar-refractivity contribution is 6.06. The number of carbonyl (C=O) groups is 4. The zero-order valence-corrected chi connectivity index (χ0v) is 27.2. The van der Waals surface area contributed by atoms with Crippen LogP contribution in [0.25, 0.3) is 11.1 Å². The van der Waals surface area contributed by atoms with Gasteiger partial charge in [0.25, 0.3) is 0 Å². The molecule has 2 amide bonds. The van der Waals surface area contributed by atoms with E-state index in [1.54, 1.807) is 14.2 Å². The van der Waals surface area contributed by atoms with Gasteiger partial charge in [0.1, 0.15) is 23.1 Å². The van der Waals surface area contributed by atoms with E-state index in [0.717, 1.165) is 24.0 Å². The molecule has 0 unspecified atom stereocenters. The summed E-state index contributed by atoms with van der Waals surface area (Å²) >= 11 is 0. The fourth-order valence-corrected chi connectivity index (χ4v) is 9.15. The second-order valence-corrected chi connectivity index (χ2v) is 15.0. The Labute approximate surface area is 259 Å². The summed E-state index contributed by atoms with van der Waals surface area (Å²) in [5.41, 5.74) is -0.556. The Kier molecular flexibility index (Phi) is 6.49. The second-order valence-electron chi connectivity index (χ2n) is 15.0. The first-order chi connectivity index (χ1) is 20.5. The van der Waals surface area contributed by atoms with Crippen LogP contribution < -0.4 is 20.1 Å². The third-order valence-corrected chi connectivity index (χ3v) is 13.5. The first-order valence-corrected chi connectivity index (χ1v) is 15.6. The summed E-state index contributed by atoms with van der Waals surface area (Å²) in [5.74, 6) is 1.06. The zero-order chi connectivity index (χ0) is 32.1. The van der Waals surface area contributed by atoms with Crippen LogP contribution in [0.15, 0.2) is 36.4 Å². The third kappa shape index (κ3) is 3.57. The molecule has 0 aliphatic heterocycles. The van der Waals surface area contributed by atoms with Crippen LogP contribution in [0.2, 0.25) is 0 Å². The fourth-order valence-electron chi connectivity index (χ4n) is 9.15. The molecule has 4 saturated carbocycles. The zero-order valence-electron chi connectivity index (χ0n) is 27.2. The summed E-state index contributed by atoms with van der Waals surface area (Å²) in [4.78, 5) is 53.3. The molecule has 0 saturated heterocycles. The lowest BCUT2D eigenvalue weighted by molar-refractivity contribution is -0.131. The number of anilines is 2. The Morgan fingerprint density at radius 1 is 0.614 bits per heavy atom. The third-order valence-electron chi connectivity index (χ3n) is 13.5. The van der Waals surface area contributed by atoms with Crippen molar-refractivity contribution in [3.8, 4) is 22.6 Å². The number of rotatable bonds is 7. The number of benzene rings is 2. The number of methoxy groups -OCH3 is 2. The minimum atomic E-state index is -0.742. The number of fused-ring (bicyclic) bond motifs is 4. The molecule has 0 aromatic heterocycles. The van der Waals surface area contributed by atoms with Crippen LogP contribution in [0.1, 0.15) is 80.1 Å². The van der Waals surface area contributed by atoms with Crippen molar-refractivity contribution in [2.75, 3.05) is 24.9 Å². The number of Topliss-reactive ketones (excluding diaryl/α,β-unsaturated/α-hetero) is 2. The molecule has 4 fully saturated rings. The lowest BCUT2D eigenvalue weighted by Crippen LogP contribution is -2.43. The van der Waals surface area contributed by atoms with Gasteiger partial charge in [-0.1, -0.05) is 53.7 Å². The number of carbonyl (C=O) groups excluding carboxylic acids is 4. The predicted molar refractivity (Wildman–Crippen MR) is 169 cm³/mol. The van der Waals surface area contributed by atoms with E-state index in [9.17, 15) is 19.2 Å². The van der Waals surface area contributed by atoms with Crippen molar-refractivity contribution in [2.24, 2.45) is 32.5 Å². The Morgan fingerprint density at radius 2 is 0.977 bits per heavy atom. The van der Waals surface area contributed by atoms with Crippen molar-refractivity contribution in [1.82, 2.24) is 0 Å². The maximum atomic E-state index is 13.8. The average molecular weight is 601 g/mol. The van der Waals surface area contributed by atoms with Crippen LogP contribution in [0, 0.1) is 32.5 Å². The molecular formula is C36H44N2O6. The highest BCUT2D eigenvalue weighted by Gasteiger charge is 2.73. The maximum absolute atomic E-state index is 13.8. The van der Waals surface area contributed by atoms with Gasteiger partial charge in [-0.15, -0.1) is 0 Å². The molecule has 4 bridgehead atoms. The van der Waals surface area contributed by atoms with E-state index in [2.05, 4.69) is 10.6 Å². The molecule has 2 N–H and O–H groups in total. The molecule has 0 heterocycles. The summed E-state index contributed by atoms with van der Waals surface area (Å²) < 4.78 is 11.4. The van der Waals surface area contributed by atoms with Crippen LogP contribution in [0.5, 0.6) is 11.5 Å². The highest BCUT2D eigenvalue weighted by atomic mass is 16.5. The number of ether oxygens (including phenoxy) is 2. The molecular weight excluding hydrogens is 556 g/mol. The maximum Gasteiger partial charge on any atom is 0.231 e. The van der Waals surface area contributed by atoms with E-state index >= 15 is 0 Å². The topological polar surface area (TPSA) is 111 Å². The van der Waals surface area contributed by atoms with Crippen molar-refractivity contribution < 1.29 is 28.7 Å². The first-order valence-electron chi connectivity index (χ1n) is 15.6. The highest BCUT2D eigenvalue weighted by Crippen LogP contribution is 2.72. The number of nitrogens with one attached hydrogen (secondary N) is 2. The predicted octanol–water partition coefficient (Wildman–Crippen LogP) is 6.82. The normalized spacial score (nSPS) is 32.5. The van der Waals surface area contributed by atoms with Gasteiger partial charge >= 0.3 is 0 Å². The van der Waals surface area contributed by atoms with E-state index in [-0.39, 0.29) is 36.2 Å². The second kappa shape index (κ2) is 9.41. The summed E-state index contributed by atoms with van der Waals surface area (Å²) in [7, 11) is 3.12. The van der Waals surface area contributed by atoms with Crippen molar-refractivity contribution in [3.63, 3.8) is 0 Å². The van der Waals surface area contributed by atoms with Gasteiger partial charge in [-0.05, 0) is 71.9 Å².